The standard InChI is InChI=1S/C30H34O6/c1-2-18-32-30-29(35-22-25-16-10-5-11-17-25)28(34-21-24-14-8-4-9-15-24)27(26(19-31)36-30)33-20-23-12-6-3-7-13-23/h2-17,26-31H,1,18-22H2/t26-,27-,28+,29+,30?/m1/s1. The first kappa shape index (κ1) is 26.2. The molecule has 6 heteroatoms. The van der Waals surface area contributed by atoms with Crippen LogP contribution < -0.4 is 0 Å². The number of rotatable bonds is 13. The Balaban J connectivity index is 1.59. The molecule has 3 aromatic carbocycles. The number of aliphatic hydroxyl groups excluding tert-OH is 1. The van der Waals surface area contributed by atoms with Crippen molar-refractivity contribution in [3.63, 3.8) is 0 Å². The van der Waals surface area contributed by atoms with Gasteiger partial charge >= 0.3 is 0 Å². The topological polar surface area (TPSA) is 66.4 Å². The Bertz CT molecular complexity index is 1010. The van der Waals surface area contributed by atoms with Crippen molar-refractivity contribution in [3.05, 3.63) is 120 Å². The molecule has 1 fully saturated rings. The van der Waals surface area contributed by atoms with Gasteiger partial charge in [0, 0.05) is 0 Å². The molecule has 0 aromatic heterocycles. The Kier molecular flexibility index (Phi) is 10.2. The van der Waals surface area contributed by atoms with Crippen molar-refractivity contribution in [2.24, 2.45) is 0 Å². The van der Waals surface area contributed by atoms with E-state index in [1.54, 1.807) is 6.08 Å². The van der Waals surface area contributed by atoms with E-state index in [2.05, 4.69) is 6.58 Å². The molecule has 0 amide bonds. The second kappa shape index (κ2) is 14.0. The molecule has 190 valence electrons. The minimum absolute atomic E-state index is 0.246. The van der Waals surface area contributed by atoms with Gasteiger partial charge in [-0.3, -0.25) is 0 Å². The maximum absolute atomic E-state index is 10.2. The summed E-state index contributed by atoms with van der Waals surface area (Å²) in [6.07, 6.45) is -1.50. The zero-order chi connectivity index (χ0) is 25.0. The molecule has 1 N–H and O–H groups in total. The van der Waals surface area contributed by atoms with Gasteiger partial charge < -0.3 is 28.8 Å². The zero-order valence-corrected chi connectivity index (χ0v) is 20.4. The monoisotopic (exact) mass is 490 g/mol. The molecule has 1 aliphatic heterocycles. The summed E-state index contributed by atoms with van der Waals surface area (Å²) in [6.45, 7) is 4.83. The summed E-state index contributed by atoms with van der Waals surface area (Å²) in [6, 6.07) is 29.7. The maximum atomic E-state index is 10.2. The van der Waals surface area contributed by atoms with E-state index in [1.165, 1.54) is 0 Å². The Hall–Kier alpha value is -2.84. The molecule has 1 aliphatic rings. The lowest BCUT2D eigenvalue weighted by Crippen LogP contribution is -2.61. The van der Waals surface area contributed by atoms with E-state index in [0.29, 0.717) is 19.8 Å². The second-order valence-electron chi connectivity index (χ2n) is 8.63. The molecule has 0 spiro atoms. The first-order chi connectivity index (χ1) is 17.8. The minimum atomic E-state index is -0.763. The van der Waals surface area contributed by atoms with E-state index < -0.39 is 30.7 Å². The van der Waals surface area contributed by atoms with Gasteiger partial charge in [0.2, 0.25) is 0 Å². The summed E-state index contributed by atoms with van der Waals surface area (Å²) in [5.74, 6) is 0. The molecule has 0 aliphatic carbocycles. The summed E-state index contributed by atoms with van der Waals surface area (Å²) < 4.78 is 31.3. The van der Waals surface area contributed by atoms with Gasteiger partial charge in [-0.2, -0.15) is 0 Å². The van der Waals surface area contributed by atoms with Gasteiger partial charge in [-0.1, -0.05) is 97.1 Å². The van der Waals surface area contributed by atoms with E-state index in [4.69, 9.17) is 23.7 Å². The first-order valence-electron chi connectivity index (χ1n) is 12.2. The fraction of sp³-hybridized carbons (Fsp3) is 0.333. The third-order valence-corrected chi connectivity index (χ3v) is 6.01. The molecular weight excluding hydrogens is 456 g/mol. The third-order valence-electron chi connectivity index (χ3n) is 6.01. The number of hydrogen-bond donors (Lipinski definition) is 1. The lowest BCUT2D eigenvalue weighted by Gasteiger charge is -2.45. The molecule has 6 nitrogen and oxygen atoms in total. The van der Waals surface area contributed by atoms with Crippen molar-refractivity contribution in [3.8, 4) is 0 Å². The highest BCUT2D eigenvalue weighted by atomic mass is 16.7. The Morgan fingerprint density at radius 1 is 0.639 bits per heavy atom. The van der Waals surface area contributed by atoms with Crippen molar-refractivity contribution in [2.75, 3.05) is 13.2 Å². The van der Waals surface area contributed by atoms with Crippen LogP contribution in [0.4, 0.5) is 0 Å². The van der Waals surface area contributed by atoms with Crippen LogP contribution in [0.1, 0.15) is 16.7 Å². The van der Waals surface area contributed by atoms with Crippen LogP contribution in [0, 0.1) is 0 Å². The highest BCUT2D eigenvalue weighted by Crippen LogP contribution is 2.31. The van der Waals surface area contributed by atoms with Gasteiger partial charge in [-0.25, -0.2) is 0 Å². The molecule has 3 aromatic rings. The van der Waals surface area contributed by atoms with Gasteiger partial charge in [0.15, 0.2) is 6.29 Å². The van der Waals surface area contributed by atoms with E-state index >= 15 is 0 Å². The van der Waals surface area contributed by atoms with E-state index in [0.717, 1.165) is 16.7 Å². The molecule has 5 atom stereocenters. The summed E-state index contributed by atoms with van der Waals surface area (Å²) in [5.41, 5.74) is 3.06. The number of benzene rings is 3. The Morgan fingerprint density at radius 3 is 1.53 bits per heavy atom. The van der Waals surface area contributed by atoms with Crippen LogP contribution in [-0.4, -0.2) is 49.0 Å². The molecule has 1 unspecified atom stereocenters. The summed E-state index contributed by atoms with van der Waals surface area (Å²) in [4.78, 5) is 0. The summed E-state index contributed by atoms with van der Waals surface area (Å²) >= 11 is 0. The lowest BCUT2D eigenvalue weighted by molar-refractivity contribution is -0.324. The number of ether oxygens (including phenoxy) is 5. The molecule has 0 saturated carbocycles. The largest absolute Gasteiger partial charge is 0.394 e. The van der Waals surface area contributed by atoms with Gasteiger partial charge in [0.05, 0.1) is 33.0 Å². The highest BCUT2D eigenvalue weighted by molar-refractivity contribution is 5.15. The van der Waals surface area contributed by atoms with Gasteiger partial charge in [-0.05, 0) is 16.7 Å². The van der Waals surface area contributed by atoms with E-state index in [-0.39, 0.29) is 13.2 Å². The molecule has 1 saturated heterocycles. The zero-order valence-electron chi connectivity index (χ0n) is 20.4. The van der Waals surface area contributed by atoms with Crippen LogP contribution in [-0.2, 0) is 43.5 Å². The highest BCUT2D eigenvalue weighted by Gasteiger charge is 2.48. The van der Waals surface area contributed by atoms with Gasteiger partial charge in [0.1, 0.15) is 24.4 Å². The molecule has 0 bridgehead atoms. The van der Waals surface area contributed by atoms with E-state index in [1.807, 2.05) is 91.0 Å². The quantitative estimate of drug-likeness (QED) is 0.352. The fourth-order valence-corrected chi connectivity index (χ4v) is 4.19. The van der Waals surface area contributed by atoms with Gasteiger partial charge in [0.25, 0.3) is 0 Å². The predicted molar refractivity (Wildman–Crippen MR) is 137 cm³/mol. The Labute approximate surface area is 213 Å². The SMILES string of the molecule is C=CCOC1O[C@H](CO)[C@@H](OCc2ccccc2)[C@H](OCc2ccccc2)[C@@H]1OCc1ccccc1. The summed E-state index contributed by atoms with van der Waals surface area (Å²) in [5, 5.41) is 10.2. The normalized spacial score (nSPS) is 23.9. The average molecular weight is 491 g/mol. The average Bonchev–Trinajstić information content (AvgIpc) is 2.94. The van der Waals surface area contributed by atoms with E-state index in [9.17, 15) is 5.11 Å². The fourth-order valence-electron chi connectivity index (χ4n) is 4.19. The second-order valence-corrected chi connectivity index (χ2v) is 8.63. The molecule has 1 heterocycles. The summed E-state index contributed by atoms with van der Waals surface area (Å²) in [7, 11) is 0. The van der Waals surface area contributed by atoms with Crippen LogP contribution in [0.5, 0.6) is 0 Å². The van der Waals surface area contributed by atoms with Crippen molar-refractivity contribution in [2.45, 2.75) is 50.5 Å². The van der Waals surface area contributed by atoms with Crippen LogP contribution in [0.3, 0.4) is 0 Å². The predicted octanol–water partition coefficient (Wildman–Crippen LogP) is 4.66. The smallest absolute Gasteiger partial charge is 0.187 e. The first-order valence-corrected chi connectivity index (χ1v) is 12.2. The number of hydrogen-bond acceptors (Lipinski definition) is 6. The molecule has 4 rings (SSSR count). The minimum Gasteiger partial charge on any atom is -0.394 e. The van der Waals surface area contributed by atoms with Crippen LogP contribution in [0.25, 0.3) is 0 Å². The number of aliphatic hydroxyl groups is 1. The van der Waals surface area contributed by atoms with Crippen molar-refractivity contribution < 1.29 is 28.8 Å². The third kappa shape index (κ3) is 7.34. The lowest BCUT2D eigenvalue weighted by atomic mass is 9.98. The van der Waals surface area contributed by atoms with Crippen molar-refractivity contribution >= 4 is 0 Å². The molecule has 36 heavy (non-hydrogen) atoms. The molecular formula is C30H34O6. The van der Waals surface area contributed by atoms with Crippen LogP contribution in [0.2, 0.25) is 0 Å². The van der Waals surface area contributed by atoms with Crippen LogP contribution in [0.15, 0.2) is 104 Å². The maximum Gasteiger partial charge on any atom is 0.187 e. The van der Waals surface area contributed by atoms with Gasteiger partial charge in [-0.15, -0.1) is 6.58 Å². The Morgan fingerprint density at radius 2 is 1.08 bits per heavy atom. The van der Waals surface area contributed by atoms with Crippen molar-refractivity contribution in [1.82, 2.24) is 0 Å². The van der Waals surface area contributed by atoms with Crippen molar-refractivity contribution in [1.29, 1.82) is 0 Å². The molecule has 0 radical (unpaired) electrons. The van der Waals surface area contributed by atoms with Crippen LogP contribution >= 0.6 is 0 Å².